The summed E-state index contributed by atoms with van der Waals surface area (Å²) in [5, 5.41) is -0.182. The van der Waals surface area contributed by atoms with E-state index in [1.54, 1.807) is 0 Å². The van der Waals surface area contributed by atoms with E-state index in [2.05, 4.69) is 0 Å². The van der Waals surface area contributed by atoms with E-state index in [4.69, 9.17) is 11.6 Å². The van der Waals surface area contributed by atoms with Gasteiger partial charge in [0.05, 0.1) is 49.9 Å². The summed E-state index contributed by atoms with van der Waals surface area (Å²) in [6, 6.07) is 2.42. The number of nitrogens with zero attached hydrogens (tertiary/aromatic N) is 2. The van der Waals surface area contributed by atoms with E-state index in [9.17, 15) is 21.6 Å². The highest BCUT2D eigenvalue weighted by molar-refractivity contribution is 7.89. The zero-order valence-electron chi connectivity index (χ0n) is 13.0. The third-order valence-electron chi connectivity index (χ3n) is 5.04. The Morgan fingerprint density at radius 2 is 1.62 bits per heavy atom. The highest BCUT2D eigenvalue weighted by atomic mass is 35.5. The molecule has 3 rings (SSSR count). The van der Waals surface area contributed by atoms with E-state index in [-0.39, 0.29) is 5.02 Å². The van der Waals surface area contributed by atoms with Gasteiger partial charge in [-0.15, -0.1) is 0 Å². The van der Waals surface area contributed by atoms with Gasteiger partial charge in [-0.1, -0.05) is 11.6 Å². The zero-order chi connectivity index (χ0) is 17.6. The maximum atomic E-state index is 12.9. The summed E-state index contributed by atoms with van der Waals surface area (Å²) >= 11 is 5.89. The van der Waals surface area contributed by atoms with Crippen LogP contribution < -0.4 is 0 Å². The Morgan fingerprint density at radius 1 is 1.04 bits per heavy atom. The zero-order valence-corrected chi connectivity index (χ0v) is 14.6. The number of halogens is 4. The lowest BCUT2D eigenvalue weighted by Crippen LogP contribution is -2.58. The van der Waals surface area contributed by atoms with Crippen molar-refractivity contribution in [3.8, 4) is 0 Å². The van der Waals surface area contributed by atoms with Crippen LogP contribution in [0.4, 0.5) is 13.2 Å². The molecule has 0 atom stereocenters. The smallest absolute Gasteiger partial charge is 0.321 e. The summed E-state index contributed by atoms with van der Waals surface area (Å²) < 4.78 is 66.3. The second-order valence-electron chi connectivity index (χ2n) is 6.49. The Kier molecular flexibility index (Phi) is 4.61. The number of quaternary nitrogens is 1. The lowest BCUT2D eigenvalue weighted by atomic mass is 10.2. The second kappa shape index (κ2) is 6.16. The highest BCUT2D eigenvalue weighted by Gasteiger charge is 2.41. The first-order valence-electron chi connectivity index (χ1n) is 7.86. The monoisotopic (exact) mass is 383 g/mol. The molecule has 134 valence electrons. The molecule has 1 spiro atoms. The van der Waals surface area contributed by atoms with Crippen LogP contribution in [0.3, 0.4) is 0 Å². The third kappa shape index (κ3) is 3.29. The van der Waals surface area contributed by atoms with Crippen LogP contribution in [0.2, 0.25) is 5.02 Å². The molecule has 0 bridgehead atoms. The molecule has 2 fully saturated rings. The first-order chi connectivity index (χ1) is 11.1. The van der Waals surface area contributed by atoms with Gasteiger partial charge in [0, 0.05) is 12.8 Å². The van der Waals surface area contributed by atoms with Crippen molar-refractivity contribution in [1.82, 2.24) is 4.31 Å². The van der Waals surface area contributed by atoms with Crippen LogP contribution in [0.25, 0.3) is 0 Å². The topological polar surface area (TPSA) is 37.4 Å². The molecule has 2 aliphatic rings. The molecule has 1 aromatic rings. The van der Waals surface area contributed by atoms with Gasteiger partial charge in [-0.25, -0.2) is 8.42 Å². The number of rotatable bonds is 2. The van der Waals surface area contributed by atoms with E-state index in [0.29, 0.717) is 32.2 Å². The highest BCUT2D eigenvalue weighted by Crippen LogP contribution is 2.35. The SMILES string of the molecule is O=S(=O)(c1cc(C(F)(F)F)ccc1Cl)N1CC[N+]2(CCCC2)CC1. The van der Waals surface area contributed by atoms with Crippen LogP contribution >= 0.6 is 11.6 Å². The van der Waals surface area contributed by atoms with Gasteiger partial charge < -0.3 is 4.48 Å². The van der Waals surface area contributed by atoms with Crippen LogP contribution in [-0.2, 0) is 16.2 Å². The molecule has 2 saturated heterocycles. The number of piperazine rings is 1. The van der Waals surface area contributed by atoms with Crippen molar-refractivity contribution in [2.24, 2.45) is 0 Å². The van der Waals surface area contributed by atoms with E-state index in [1.165, 1.54) is 4.31 Å². The van der Waals surface area contributed by atoms with Gasteiger partial charge in [-0.3, -0.25) is 0 Å². The fourth-order valence-corrected chi connectivity index (χ4v) is 5.50. The van der Waals surface area contributed by atoms with Crippen molar-refractivity contribution in [2.75, 3.05) is 39.3 Å². The van der Waals surface area contributed by atoms with E-state index in [1.807, 2.05) is 0 Å². The molecular formula is C15H19ClF3N2O2S+. The minimum Gasteiger partial charge on any atom is -0.321 e. The molecule has 0 unspecified atom stereocenters. The minimum absolute atomic E-state index is 0.182. The van der Waals surface area contributed by atoms with Crippen LogP contribution in [0.1, 0.15) is 18.4 Å². The number of hydrogen-bond acceptors (Lipinski definition) is 2. The minimum atomic E-state index is -4.61. The van der Waals surface area contributed by atoms with E-state index in [0.717, 1.165) is 42.5 Å². The summed E-state index contributed by atoms with van der Waals surface area (Å²) in [4.78, 5) is -0.464. The average molecular weight is 384 g/mol. The molecule has 0 saturated carbocycles. The molecule has 2 aliphatic heterocycles. The summed E-state index contributed by atoms with van der Waals surface area (Å²) in [5.41, 5.74) is -1.01. The Morgan fingerprint density at radius 3 is 2.17 bits per heavy atom. The fraction of sp³-hybridized carbons (Fsp3) is 0.600. The molecule has 9 heteroatoms. The summed E-state index contributed by atoms with van der Waals surface area (Å²) in [5.74, 6) is 0. The third-order valence-corrected chi connectivity index (χ3v) is 7.42. The first-order valence-corrected chi connectivity index (χ1v) is 9.68. The lowest BCUT2D eigenvalue weighted by Gasteiger charge is -2.41. The number of sulfonamides is 1. The summed E-state index contributed by atoms with van der Waals surface area (Å²) in [7, 11) is -4.03. The van der Waals surface area contributed by atoms with E-state index >= 15 is 0 Å². The van der Waals surface area contributed by atoms with Crippen molar-refractivity contribution < 1.29 is 26.1 Å². The van der Waals surface area contributed by atoms with Crippen LogP contribution in [0.5, 0.6) is 0 Å². The maximum absolute atomic E-state index is 12.9. The van der Waals surface area contributed by atoms with Crippen molar-refractivity contribution in [1.29, 1.82) is 0 Å². The van der Waals surface area contributed by atoms with Crippen molar-refractivity contribution in [3.63, 3.8) is 0 Å². The van der Waals surface area contributed by atoms with Gasteiger partial charge in [0.15, 0.2) is 0 Å². The largest absolute Gasteiger partial charge is 0.416 e. The Balaban J connectivity index is 1.86. The predicted molar refractivity (Wildman–Crippen MR) is 84.2 cm³/mol. The molecule has 24 heavy (non-hydrogen) atoms. The van der Waals surface area contributed by atoms with Crippen LogP contribution in [-0.4, -0.2) is 56.5 Å². The lowest BCUT2D eigenvalue weighted by molar-refractivity contribution is -0.920. The molecule has 0 aromatic heterocycles. The van der Waals surface area contributed by atoms with Gasteiger partial charge in [0.25, 0.3) is 0 Å². The summed E-state index contributed by atoms with van der Waals surface area (Å²) in [6.45, 7) is 4.14. The van der Waals surface area contributed by atoms with Crippen LogP contribution in [0, 0.1) is 0 Å². The normalized spacial score (nSPS) is 22.2. The van der Waals surface area contributed by atoms with Crippen LogP contribution in [0.15, 0.2) is 23.1 Å². The molecule has 1 aromatic carbocycles. The standard InChI is InChI=1S/C15H19ClF3N2O2S/c16-13-4-3-12(15(17,18)19)11-14(13)24(22,23)20-5-9-21(10-6-20)7-1-2-8-21/h3-4,11H,1-2,5-10H2/q+1. The Labute approximate surface area is 144 Å². The van der Waals surface area contributed by atoms with E-state index < -0.39 is 26.7 Å². The quantitative estimate of drug-likeness (QED) is 0.736. The van der Waals surface area contributed by atoms with Gasteiger partial charge >= 0.3 is 6.18 Å². The molecule has 2 heterocycles. The van der Waals surface area contributed by atoms with Gasteiger partial charge in [0.1, 0.15) is 4.90 Å². The number of benzene rings is 1. The molecule has 0 aliphatic carbocycles. The van der Waals surface area contributed by atoms with Crippen molar-refractivity contribution >= 4 is 21.6 Å². The average Bonchev–Trinajstić information content (AvgIpc) is 2.95. The molecular weight excluding hydrogens is 365 g/mol. The first kappa shape index (κ1) is 18.0. The second-order valence-corrected chi connectivity index (χ2v) is 8.80. The number of hydrogen-bond donors (Lipinski definition) is 0. The molecule has 0 N–H and O–H groups in total. The maximum Gasteiger partial charge on any atom is 0.416 e. The molecule has 4 nitrogen and oxygen atoms in total. The van der Waals surface area contributed by atoms with Gasteiger partial charge in [-0.05, 0) is 18.2 Å². The Hall–Kier alpha value is -0.830. The number of alkyl halides is 3. The van der Waals surface area contributed by atoms with Crippen molar-refractivity contribution in [2.45, 2.75) is 23.9 Å². The predicted octanol–water partition coefficient (Wildman–Crippen LogP) is 2.97. The van der Waals surface area contributed by atoms with Gasteiger partial charge in [0.2, 0.25) is 10.0 Å². The van der Waals surface area contributed by atoms with Gasteiger partial charge in [-0.2, -0.15) is 17.5 Å². The van der Waals surface area contributed by atoms with Crippen molar-refractivity contribution in [3.05, 3.63) is 28.8 Å². The summed E-state index contributed by atoms with van der Waals surface area (Å²) in [6.07, 6.45) is -2.32. The molecule has 0 radical (unpaired) electrons. The molecule has 0 amide bonds. The Bertz CT molecular complexity index is 721. The fourth-order valence-electron chi connectivity index (χ4n) is 3.58.